The number of fused-ring (bicyclic) bond motifs is 1. The number of aromatic nitrogens is 3. The fraction of sp³-hybridized carbons (Fsp3) is 0.400. The van der Waals surface area contributed by atoms with E-state index in [2.05, 4.69) is 19.8 Å². The Bertz CT molecular complexity index is 675. The van der Waals surface area contributed by atoms with Crippen molar-refractivity contribution in [1.29, 1.82) is 0 Å². The molecule has 4 heterocycles. The van der Waals surface area contributed by atoms with Gasteiger partial charge < -0.3 is 14.5 Å². The summed E-state index contributed by atoms with van der Waals surface area (Å²) in [6.07, 6.45) is 4.44. The highest BCUT2D eigenvalue weighted by Crippen LogP contribution is 2.37. The van der Waals surface area contributed by atoms with E-state index in [9.17, 15) is 0 Å². The summed E-state index contributed by atoms with van der Waals surface area (Å²) >= 11 is 6.40. The second-order valence-corrected chi connectivity index (χ2v) is 5.68. The summed E-state index contributed by atoms with van der Waals surface area (Å²) in [6, 6.07) is 3.97. The quantitative estimate of drug-likeness (QED) is 0.790. The Morgan fingerprint density at radius 1 is 1.05 bits per heavy atom. The first-order valence-corrected chi connectivity index (χ1v) is 7.77. The number of morpholine rings is 1. The molecule has 1 saturated heterocycles. The molecule has 22 heavy (non-hydrogen) atoms. The highest BCUT2D eigenvalue weighted by atomic mass is 35.5. The molecular weight excluding hydrogens is 302 g/mol. The molecule has 2 aliphatic heterocycles. The fourth-order valence-electron chi connectivity index (χ4n) is 2.88. The van der Waals surface area contributed by atoms with Crippen LogP contribution < -0.4 is 9.80 Å². The summed E-state index contributed by atoms with van der Waals surface area (Å²) in [5.41, 5.74) is 2.10. The second-order valence-electron chi connectivity index (χ2n) is 5.32. The van der Waals surface area contributed by atoms with Crippen molar-refractivity contribution in [3.8, 4) is 0 Å². The Labute approximate surface area is 133 Å². The third-order valence-electron chi connectivity index (χ3n) is 4.03. The van der Waals surface area contributed by atoms with Gasteiger partial charge in [0.1, 0.15) is 11.0 Å². The molecular formula is C15H16ClN5O. The van der Waals surface area contributed by atoms with Gasteiger partial charge in [-0.3, -0.25) is 4.98 Å². The number of hydrogen-bond donors (Lipinski definition) is 0. The maximum Gasteiger partial charge on any atom is 0.228 e. The van der Waals surface area contributed by atoms with Crippen LogP contribution in [-0.4, -0.2) is 47.8 Å². The SMILES string of the molecule is Clc1nc(N2CCOCC2)nc2c1CCN2c1ccncc1. The molecule has 4 rings (SSSR count). The highest BCUT2D eigenvalue weighted by molar-refractivity contribution is 6.30. The van der Waals surface area contributed by atoms with E-state index in [0.29, 0.717) is 24.3 Å². The third kappa shape index (κ3) is 2.38. The van der Waals surface area contributed by atoms with Crippen molar-refractivity contribution in [1.82, 2.24) is 15.0 Å². The fourth-order valence-corrected chi connectivity index (χ4v) is 3.14. The van der Waals surface area contributed by atoms with Gasteiger partial charge in [0.05, 0.1) is 13.2 Å². The average Bonchev–Trinajstić information content (AvgIpc) is 3.01. The molecule has 2 aromatic rings. The van der Waals surface area contributed by atoms with Gasteiger partial charge >= 0.3 is 0 Å². The molecule has 0 atom stereocenters. The van der Waals surface area contributed by atoms with Gasteiger partial charge in [-0.15, -0.1) is 0 Å². The molecule has 0 N–H and O–H groups in total. The smallest absolute Gasteiger partial charge is 0.228 e. The third-order valence-corrected chi connectivity index (χ3v) is 4.35. The van der Waals surface area contributed by atoms with Crippen LogP contribution in [0.15, 0.2) is 24.5 Å². The lowest BCUT2D eigenvalue weighted by atomic mass is 10.3. The van der Waals surface area contributed by atoms with Crippen molar-refractivity contribution in [2.75, 3.05) is 42.6 Å². The standard InChI is InChI=1S/C15H16ClN5O/c16-13-12-3-6-21(11-1-4-17-5-2-11)14(12)19-15(18-13)20-7-9-22-10-8-20/h1-2,4-5H,3,6-10H2. The van der Waals surface area contributed by atoms with Crippen LogP contribution in [-0.2, 0) is 11.2 Å². The van der Waals surface area contributed by atoms with E-state index in [4.69, 9.17) is 21.3 Å². The van der Waals surface area contributed by atoms with Crippen LogP contribution in [0.4, 0.5) is 17.5 Å². The van der Waals surface area contributed by atoms with Crippen LogP contribution in [0.1, 0.15) is 5.56 Å². The lowest BCUT2D eigenvalue weighted by Gasteiger charge is -2.28. The van der Waals surface area contributed by atoms with Crippen LogP contribution in [0.5, 0.6) is 0 Å². The van der Waals surface area contributed by atoms with Crippen LogP contribution >= 0.6 is 11.6 Å². The van der Waals surface area contributed by atoms with Crippen molar-refractivity contribution in [2.45, 2.75) is 6.42 Å². The summed E-state index contributed by atoms with van der Waals surface area (Å²) in [4.78, 5) is 17.6. The first-order chi connectivity index (χ1) is 10.8. The van der Waals surface area contributed by atoms with Crippen LogP contribution in [0.25, 0.3) is 0 Å². The van der Waals surface area contributed by atoms with Crippen molar-refractivity contribution in [3.63, 3.8) is 0 Å². The minimum atomic E-state index is 0.558. The molecule has 7 heteroatoms. The molecule has 2 aromatic heterocycles. The zero-order chi connectivity index (χ0) is 14.9. The largest absolute Gasteiger partial charge is 0.378 e. The van der Waals surface area contributed by atoms with Gasteiger partial charge in [-0.1, -0.05) is 11.6 Å². The number of halogens is 1. The molecule has 1 fully saturated rings. The zero-order valence-electron chi connectivity index (χ0n) is 12.1. The van der Waals surface area contributed by atoms with Gasteiger partial charge in [-0.05, 0) is 18.6 Å². The summed E-state index contributed by atoms with van der Waals surface area (Å²) in [5, 5.41) is 0.558. The minimum absolute atomic E-state index is 0.558. The van der Waals surface area contributed by atoms with Crippen LogP contribution in [0.2, 0.25) is 5.15 Å². The molecule has 6 nitrogen and oxygen atoms in total. The topological polar surface area (TPSA) is 54.4 Å². The second kappa shape index (κ2) is 5.70. The number of hydrogen-bond acceptors (Lipinski definition) is 6. The van der Waals surface area contributed by atoms with E-state index in [1.54, 1.807) is 12.4 Å². The van der Waals surface area contributed by atoms with E-state index >= 15 is 0 Å². The molecule has 0 aliphatic carbocycles. The maximum atomic E-state index is 6.40. The van der Waals surface area contributed by atoms with Crippen LogP contribution in [0, 0.1) is 0 Å². The zero-order valence-corrected chi connectivity index (χ0v) is 12.8. The van der Waals surface area contributed by atoms with Gasteiger partial charge in [0.15, 0.2) is 0 Å². The molecule has 0 saturated carbocycles. The Morgan fingerprint density at radius 2 is 1.82 bits per heavy atom. The summed E-state index contributed by atoms with van der Waals surface area (Å²) in [5.74, 6) is 1.60. The number of anilines is 3. The predicted molar refractivity (Wildman–Crippen MR) is 85.0 cm³/mol. The Hall–Kier alpha value is -1.92. The average molecular weight is 318 g/mol. The summed E-state index contributed by atoms with van der Waals surface area (Å²) in [6.45, 7) is 3.85. The summed E-state index contributed by atoms with van der Waals surface area (Å²) < 4.78 is 5.39. The molecule has 0 radical (unpaired) electrons. The summed E-state index contributed by atoms with van der Waals surface area (Å²) in [7, 11) is 0. The van der Waals surface area contributed by atoms with Gasteiger partial charge in [0, 0.05) is 43.3 Å². The van der Waals surface area contributed by atoms with Crippen molar-refractivity contribution < 1.29 is 4.74 Å². The molecule has 0 bridgehead atoms. The molecule has 0 spiro atoms. The van der Waals surface area contributed by atoms with Crippen LogP contribution in [0.3, 0.4) is 0 Å². The normalized spacial score (nSPS) is 17.7. The van der Waals surface area contributed by atoms with Gasteiger partial charge in [-0.2, -0.15) is 4.98 Å². The molecule has 0 unspecified atom stereocenters. The Morgan fingerprint density at radius 3 is 2.59 bits per heavy atom. The Balaban J connectivity index is 1.73. The first kappa shape index (κ1) is 13.7. The number of rotatable bonds is 2. The number of ether oxygens (including phenoxy) is 1. The number of nitrogens with zero attached hydrogens (tertiary/aromatic N) is 5. The molecule has 0 aromatic carbocycles. The maximum absolute atomic E-state index is 6.40. The van der Waals surface area contributed by atoms with E-state index in [-0.39, 0.29) is 0 Å². The monoisotopic (exact) mass is 317 g/mol. The molecule has 0 amide bonds. The van der Waals surface area contributed by atoms with E-state index < -0.39 is 0 Å². The lowest BCUT2D eigenvalue weighted by molar-refractivity contribution is 0.122. The highest BCUT2D eigenvalue weighted by Gasteiger charge is 2.27. The Kier molecular flexibility index (Phi) is 3.56. The first-order valence-electron chi connectivity index (χ1n) is 7.39. The molecule has 114 valence electrons. The van der Waals surface area contributed by atoms with Gasteiger partial charge in [-0.25, -0.2) is 4.98 Å². The predicted octanol–water partition coefficient (Wildman–Crippen LogP) is 2.06. The van der Waals surface area contributed by atoms with E-state index in [1.165, 1.54) is 0 Å². The van der Waals surface area contributed by atoms with Crippen molar-refractivity contribution >= 4 is 29.1 Å². The van der Waals surface area contributed by atoms with Gasteiger partial charge in [0.2, 0.25) is 5.95 Å². The van der Waals surface area contributed by atoms with E-state index in [1.807, 2.05) is 12.1 Å². The minimum Gasteiger partial charge on any atom is -0.378 e. The van der Waals surface area contributed by atoms with Crippen molar-refractivity contribution in [3.05, 3.63) is 35.2 Å². The van der Waals surface area contributed by atoms with Gasteiger partial charge in [0.25, 0.3) is 0 Å². The lowest BCUT2D eigenvalue weighted by Crippen LogP contribution is -2.37. The molecule has 2 aliphatic rings. The van der Waals surface area contributed by atoms with E-state index in [0.717, 1.165) is 43.1 Å². The van der Waals surface area contributed by atoms with Crippen molar-refractivity contribution in [2.24, 2.45) is 0 Å². The number of pyridine rings is 1.